The molecule has 0 unspecified atom stereocenters. The molecule has 4 heteroatoms. The van der Waals surface area contributed by atoms with Gasteiger partial charge in [0.2, 0.25) is 0 Å². The minimum Gasteiger partial charge on any atom is -0.349 e. The van der Waals surface area contributed by atoms with Gasteiger partial charge in [0.05, 0.1) is 10.7 Å². The molecule has 0 aliphatic carbocycles. The van der Waals surface area contributed by atoms with Gasteiger partial charge in [0.25, 0.3) is 5.91 Å². The molecule has 3 aromatic rings. The SMILES string of the molecule is Cc1nc(-c2ccccc2)c(C(=O)N[C@@H](C)CCc2ccccc2)s1. The first kappa shape index (κ1) is 17.4. The predicted octanol–water partition coefficient (Wildman–Crippen LogP) is 4.87. The molecule has 1 aromatic heterocycles. The smallest absolute Gasteiger partial charge is 0.263 e. The highest BCUT2D eigenvalue weighted by Gasteiger charge is 2.19. The lowest BCUT2D eigenvalue weighted by molar-refractivity contribution is 0.0943. The number of aryl methyl sites for hydroxylation is 2. The first-order chi connectivity index (χ1) is 12.1. The van der Waals surface area contributed by atoms with Crippen LogP contribution in [0.3, 0.4) is 0 Å². The molecule has 0 fully saturated rings. The molecule has 1 N–H and O–H groups in total. The van der Waals surface area contributed by atoms with Crippen LogP contribution in [0.2, 0.25) is 0 Å². The van der Waals surface area contributed by atoms with E-state index in [0.717, 1.165) is 29.1 Å². The third-order valence-electron chi connectivity index (χ3n) is 4.07. The number of carbonyl (C=O) groups is 1. The van der Waals surface area contributed by atoms with Gasteiger partial charge in [-0.25, -0.2) is 4.98 Å². The summed E-state index contributed by atoms with van der Waals surface area (Å²) in [6.45, 7) is 3.99. The summed E-state index contributed by atoms with van der Waals surface area (Å²) in [6.07, 6.45) is 1.86. The Morgan fingerprint density at radius 2 is 1.72 bits per heavy atom. The van der Waals surface area contributed by atoms with Gasteiger partial charge in [0, 0.05) is 11.6 Å². The second-order valence-corrected chi connectivity index (χ2v) is 7.38. The molecule has 0 aliphatic rings. The first-order valence-electron chi connectivity index (χ1n) is 8.51. The Labute approximate surface area is 152 Å². The average Bonchev–Trinajstić information content (AvgIpc) is 3.04. The van der Waals surface area contributed by atoms with E-state index in [0.29, 0.717) is 4.88 Å². The molecule has 0 bridgehead atoms. The first-order valence-corrected chi connectivity index (χ1v) is 9.33. The molecular weight excluding hydrogens is 328 g/mol. The van der Waals surface area contributed by atoms with Gasteiger partial charge in [0.15, 0.2) is 0 Å². The second kappa shape index (κ2) is 8.08. The second-order valence-electron chi connectivity index (χ2n) is 6.18. The topological polar surface area (TPSA) is 42.0 Å². The Bertz CT molecular complexity index is 828. The van der Waals surface area contributed by atoms with E-state index in [1.807, 2.05) is 55.5 Å². The van der Waals surface area contributed by atoms with Gasteiger partial charge in [-0.15, -0.1) is 11.3 Å². The van der Waals surface area contributed by atoms with Gasteiger partial charge in [-0.2, -0.15) is 0 Å². The van der Waals surface area contributed by atoms with Gasteiger partial charge in [0.1, 0.15) is 4.88 Å². The lowest BCUT2D eigenvalue weighted by Crippen LogP contribution is -2.32. The van der Waals surface area contributed by atoms with Crippen LogP contribution in [0.1, 0.15) is 33.6 Å². The maximum absolute atomic E-state index is 12.7. The van der Waals surface area contributed by atoms with E-state index in [-0.39, 0.29) is 11.9 Å². The molecule has 0 aliphatic heterocycles. The van der Waals surface area contributed by atoms with Crippen molar-refractivity contribution in [3.63, 3.8) is 0 Å². The molecule has 0 radical (unpaired) electrons. The van der Waals surface area contributed by atoms with Crippen LogP contribution in [-0.2, 0) is 6.42 Å². The molecule has 25 heavy (non-hydrogen) atoms. The highest BCUT2D eigenvalue weighted by atomic mass is 32.1. The van der Waals surface area contributed by atoms with E-state index in [9.17, 15) is 4.79 Å². The van der Waals surface area contributed by atoms with E-state index in [4.69, 9.17) is 0 Å². The van der Waals surface area contributed by atoms with Crippen molar-refractivity contribution in [2.75, 3.05) is 0 Å². The summed E-state index contributed by atoms with van der Waals surface area (Å²) in [6, 6.07) is 20.3. The molecule has 0 spiro atoms. The van der Waals surface area contributed by atoms with Crippen LogP contribution in [0.4, 0.5) is 0 Å². The average molecular weight is 350 g/mol. The largest absolute Gasteiger partial charge is 0.349 e. The number of carbonyl (C=O) groups excluding carboxylic acids is 1. The number of hydrogen-bond acceptors (Lipinski definition) is 3. The highest BCUT2D eigenvalue weighted by Crippen LogP contribution is 2.28. The van der Waals surface area contributed by atoms with Crippen molar-refractivity contribution in [1.29, 1.82) is 0 Å². The van der Waals surface area contributed by atoms with Crippen molar-refractivity contribution >= 4 is 17.2 Å². The number of rotatable bonds is 6. The van der Waals surface area contributed by atoms with Gasteiger partial charge >= 0.3 is 0 Å². The number of nitrogens with zero attached hydrogens (tertiary/aromatic N) is 1. The third kappa shape index (κ3) is 4.54. The fourth-order valence-electron chi connectivity index (χ4n) is 2.76. The number of nitrogens with one attached hydrogen (secondary N) is 1. The van der Waals surface area contributed by atoms with Gasteiger partial charge in [-0.05, 0) is 32.3 Å². The summed E-state index contributed by atoms with van der Waals surface area (Å²) in [4.78, 5) is 18.0. The highest BCUT2D eigenvalue weighted by molar-refractivity contribution is 7.14. The van der Waals surface area contributed by atoms with E-state index in [1.54, 1.807) is 0 Å². The molecule has 0 saturated carbocycles. The zero-order valence-corrected chi connectivity index (χ0v) is 15.3. The van der Waals surface area contributed by atoms with Gasteiger partial charge < -0.3 is 5.32 Å². The molecular formula is C21H22N2OS. The minimum atomic E-state index is -0.0370. The minimum absolute atomic E-state index is 0.0370. The Hall–Kier alpha value is -2.46. The van der Waals surface area contributed by atoms with Crippen molar-refractivity contribution < 1.29 is 4.79 Å². The Morgan fingerprint density at radius 1 is 1.08 bits per heavy atom. The fourth-order valence-corrected chi connectivity index (χ4v) is 3.61. The summed E-state index contributed by atoms with van der Waals surface area (Å²) >= 11 is 1.45. The monoisotopic (exact) mass is 350 g/mol. The molecule has 2 aromatic carbocycles. The Morgan fingerprint density at radius 3 is 2.40 bits per heavy atom. The quantitative estimate of drug-likeness (QED) is 0.689. The Balaban J connectivity index is 1.67. The maximum Gasteiger partial charge on any atom is 0.263 e. The molecule has 0 saturated heterocycles. The van der Waals surface area contributed by atoms with Crippen molar-refractivity contribution in [3.05, 3.63) is 76.1 Å². The zero-order valence-electron chi connectivity index (χ0n) is 14.5. The normalized spacial score (nSPS) is 11.9. The van der Waals surface area contributed by atoms with Crippen LogP contribution in [0.25, 0.3) is 11.3 Å². The third-order valence-corrected chi connectivity index (χ3v) is 5.04. The lowest BCUT2D eigenvalue weighted by atomic mass is 10.1. The summed E-state index contributed by atoms with van der Waals surface area (Å²) in [5.74, 6) is -0.0370. The van der Waals surface area contributed by atoms with E-state index in [1.165, 1.54) is 16.9 Å². The number of aromatic nitrogens is 1. The van der Waals surface area contributed by atoms with Crippen LogP contribution in [0.15, 0.2) is 60.7 Å². The van der Waals surface area contributed by atoms with Crippen LogP contribution >= 0.6 is 11.3 Å². The predicted molar refractivity (Wildman–Crippen MR) is 104 cm³/mol. The van der Waals surface area contributed by atoms with Gasteiger partial charge in [-0.1, -0.05) is 60.7 Å². The number of benzene rings is 2. The molecule has 1 heterocycles. The van der Waals surface area contributed by atoms with Crippen molar-refractivity contribution in [3.8, 4) is 11.3 Å². The number of amides is 1. The van der Waals surface area contributed by atoms with Crippen molar-refractivity contribution in [2.24, 2.45) is 0 Å². The van der Waals surface area contributed by atoms with Crippen LogP contribution in [-0.4, -0.2) is 16.9 Å². The van der Waals surface area contributed by atoms with Crippen LogP contribution < -0.4 is 5.32 Å². The van der Waals surface area contributed by atoms with Crippen molar-refractivity contribution in [1.82, 2.24) is 10.3 Å². The summed E-state index contributed by atoms with van der Waals surface area (Å²) in [5.41, 5.74) is 3.05. The zero-order chi connectivity index (χ0) is 17.6. The maximum atomic E-state index is 12.7. The van der Waals surface area contributed by atoms with Crippen LogP contribution in [0.5, 0.6) is 0 Å². The molecule has 1 amide bonds. The summed E-state index contributed by atoms with van der Waals surface area (Å²) in [7, 11) is 0. The standard InChI is InChI=1S/C21H22N2OS/c1-15(13-14-17-9-5-3-6-10-17)22-21(24)20-19(23-16(2)25-20)18-11-7-4-8-12-18/h3-12,15H,13-14H2,1-2H3,(H,22,24)/t15-/m0/s1. The molecule has 3 rings (SSSR count). The van der Waals surface area contributed by atoms with E-state index >= 15 is 0 Å². The molecule has 1 atom stereocenters. The molecule has 128 valence electrons. The summed E-state index contributed by atoms with van der Waals surface area (Å²) < 4.78 is 0. The van der Waals surface area contributed by atoms with E-state index in [2.05, 4.69) is 29.4 Å². The number of hydrogen-bond donors (Lipinski definition) is 1. The molecule has 3 nitrogen and oxygen atoms in total. The van der Waals surface area contributed by atoms with E-state index < -0.39 is 0 Å². The fraction of sp³-hybridized carbons (Fsp3) is 0.238. The lowest BCUT2D eigenvalue weighted by Gasteiger charge is -2.13. The van der Waals surface area contributed by atoms with Crippen LogP contribution in [0, 0.1) is 6.92 Å². The summed E-state index contributed by atoms with van der Waals surface area (Å²) in [5, 5.41) is 4.03. The van der Waals surface area contributed by atoms with Gasteiger partial charge in [-0.3, -0.25) is 4.79 Å². The number of thiazole rings is 1. The van der Waals surface area contributed by atoms with Crippen molar-refractivity contribution in [2.45, 2.75) is 32.7 Å². The Kier molecular flexibility index (Phi) is 5.61.